The van der Waals surface area contributed by atoms with Crippen molar-refractivity contribution in [2.24, 2.45) is 5.92 Å². The van der Waals surface area contributed by atoms with Crippen molar-refractivity contribution in [2.75, 3.05) is 12.4 Å². The van der Waals surface area contributed by atoms with E-state index < -0.39 is 0 Å². The summed E-state index contributed by atoms with van der Waals surface area (Å²) in [6.07, 6.45) is 1.63. The molecule has 1 unspecified atom stereocenters. The van der Waals surface area contributed by atoms with Gasteiger partial charge in [-0.25, -0.2) is 4.98 Å². The van der Waals surface area contributed by atoms with Crippen LogP contribution in [0, 0.1) is 12.8 Å². The van der Waals surface area contributed by atoms with Crippen molar-refractivity contribution in [1.82, 2.24) is 4.98 Å². The fourth-order valence-corrected chi connectivity index (χ4v) is 1.52. The van der Waals surface area contributed by atoms with Crippen LogP contribution in [-0.4, -0.2) is 22.5 Å². The molecule has 0 fully saturated rings. The van der Waals surface area contributed by atoms with Crippen LogP contribution in [0.25, 0.3) is 0 Å². The van der Waals surface area contributed by atoms with E-state index in [9.17, 15) is 0 Å². The Bertz CT molecular complexity index is 237. The van der Waals surface area contributed by atoms with Crippen LogP contribution in [0.5, 0.6) is 0 Å². The lowest BCUT2D eigenvalue weighted by atomic mass is 10.2. The third-order valence-electron chi connectivity index (χ3n) is 1.40. The van der Waals surface area contributed by atoms with Gasteiger partial charge in [-0.05, 0) is 12.8 Å². The molecule has 1 rings (SSSR count). The second-order valence-corrected chi connectivity index (χ2v) is 3.82. The molecule has 0 aliphatic heterocycles. The van der Waals surface area contributed by atoms with Gasteiger partial charge in [0.15, 0.2) is 0 Å². The van der Waals surface area contributed by atoms with Crippen molar-refractivity contribution in [2.45, 2.75) is 19.1 Å². The molecule has 0 saturated carbocycles. The fourth-order valence-electron chi connectivity index (χ4n) is 0.665. The molecule has 4 heteroatoms. The summed E-state index contributed by atoms with van der Waals surface area (Å²) in [5, 5.41) is 9.44. The van der Waals surface area contributed by atoms with Crippen molar-refractivity contribution in [3.8, 4) is 0 Å². The molecule has 0 bridgehead atoms. The van der Waals surface area contributed by atoms with Crippen LogP contribution in [0.15, 0.2) is 15.9 Å². The molecular weight excluding hydrogens is 174 g/mol. The van der Waals surface area contributed by atoms with Crippen molar-refractivity contribution in [3.05, 3.63) is 12.0 Å². The number of nitrogens with zero attached hydrogens (tertiary/aromatic N) is 1. The van der Waals surface area contributed by atoms with Gasteiger partial charge in [0, 0.05) is 12.4 Å². The molecule has 1 aromatic rings. The molecule has 1 atom stereocenters. The largest absolute Gasteiger partial charge is 0.440 e. The highest BCUT2D eigenvalue weighted by Crippen LogP contribution is 2.19. The van der Waals surface area contributed by atoms with E-state index in [1.165, 1.54) is 11.8 Å². The zero-order valence-electron chi connectivity index (χ0n) is 7.28. The number of thioether (sulfide) groups is 1. The minimum atomic E-state index is 0.215. The third kappa shape index (κ3) is 2.87. The first-order valence-electron chi connectivity index (χ1n) is 3.88. The summed E-state index contributed by atoms with van der Waals surface area (Å²) in [5.41, 5.74) is 0.897. The van der Waals surface area contributed by atoms with E-state index in [2.05, 4.69) is 4.98 Å². The monoisotopic (exact) mass is 187 g/mol. The first-order chi connectivity index (χ1) is 5.72. The van der Waals surface area contributed by atoms with Gasteiger partial charge >= 0.3 is 0 Å². The van der Waals surface area contributed by atoms with Gasteiger partial charge in [-0.15, -0.1) is 0 Å². The van der Waals surface area contributed by atoms with E-state index in [1.54, 1.807) is 6.26 Å². The minimum absolute atomic E-state index is 0.215. The number of oxazole rings is 1. The summed E-state index contributed by atoms with van der Waals surface area (Å²) < 4.78 is 5.13. The molecule has 0 amide bonds. The van der Waals surface area contributed by atoms with Crippen LogP contribution in [0.3, 0.4) is 0 Å². The van der Waals surface area contributed by atoms with Crippen molar-refractivity contribution < 1.29 is 9.52 Å². The first kappa shape index (κ1) is 9.61. The predicted octanol–water partition coefficient (Wildman–Crippen LogP) is 1.70. The van der Waals surface area contributed by atoms with E-state index in [-0.39, 0.29) is 6.61 Å². The minimum Gasteiger partial charge on any atom is -0.440 e. The molecule has 0 spiro atoms. The Kier molecular flexibility index (Phi) is 3.62. The van der Waals surface area contributed by atoms with Gasteiger partial charge in [-0.3, -0.25) is 0 Å². The quantitative estimate of drug-likeness (QED) is 0.729. The Balaban J connectivity index is 2.33. The Morgan fingerprint density at radius 3 is 3.00 bits per heavy atom. The summed E-state index contributed by atoms with van der Waals surface area (Å²) in [6, 6.07) is 0. The Hall–Kier alpha value is -0.480. The molecule has 1 aromatic heterocycles. The van der Waals surface area contributed by atoms with E-state index in [1.807, 2.05) is 13.8 Å². The lowest BCUT2D eigenvalue weighted by Crippen LogP contribution is -2.02. The average molecular weight is 187 g/mol. The normalized spacial score (nSPS) is 13.2. The van der Waals surface area contributed by atoms with Crippen molar-refractivity contribution in [1.29, 1.82) is 0 Å². The summed E-state index contributed by atoms with van der Waals surface area (Å²) in [5.74, 6) is 1.14. The maximum absolute atomic E-state index is 8.75. The van der Waals surface area contributed by atoms with Gasteiger partial charge in [0.05, 0.1) is 5.69 Å². The Morgan fingerprint density at radius 2 is 2.50 bits per heavy atom. The molecule has 0 aromatic carbocycles. The van der Waals surface area contributed by atoms with E-state index in [0.29, 0.717) is 11.1 Å². The SMILES string of the molecule is Cc1coc(SCC(C)CO)n1. The van der Waals surface area contributed by atoms with Crippen LogP contribution in [0.2, 0.25) is 0 Å². The van der Waals surface area contributed by atoms with Crippen LogP contribution in [-0.2, 0) is 0 Å². The Morgan fingerprint density at radius 1 is 1.75 bits per heavy atom. The van der Waals surface area contributed by atoms with E-state index >= 15 is 0 Å². The molecular formula is C8H13NO2S. The highest BCUT2D eigenvalue weighted by molar-refractivity contribution is 7.99. The lowest BCUT2D eigenvalue weighted by Gasteiger charge is -2.03. The first-order valence-corrected chi connectivity index (χ1v) is 4.86. The standard InChI is InChI=1S/C8H13NO2S/c1-6(3-10)5-12-8-9-7(2)4-11-8/h4,6,10H,3,5H2,1-2H3. The molecule has 0 aliphatic rings. The number of aromatic nitrogens is 1. The number of aliphatic hydroxyl groups is 1. The number of hydrogen-bond acceptors (Lipinski definition) is 4. The van der Waals surface area contributed by atoms with E-state index in [4.69, 9.17) is 9.52 Å². The van der Waals surface area contributed by atoms with Gasteiger partial charge in [0.2, 0.25) is 0 Å². The summed E-state index contributed by atoms with van der Waals surface area (Å²) >= 11 is 1.54. The van der Waals surface area contributed by atoms with Crippen LogP contribution < -0.4 is 0 Å². The predicted molar refractivity (Wildman–Crippen MR) is 48.2 cm³/mol. The smallest absolute Gasteiger partial charge is 0.255 e. The number of aliphatic hydroxyl groups excluding tert-OH is 1. The summed E-state index contributed by atoms with van der Waals surface area (Å²) in [4.78, 5) is 4.13. The molecule has 12 heavy (non-hydrogen) atoms. The van der Waals surface area contributed by atoms with Gasteiger partial charge in [0.25, 0.3) is 5.22 Å². The maximum atomic E-state index is 8.75. The zero-order valence-corrected chi connectivity index (χ0v) is 8.10. The van der Waals surface area contributed by atoms with Crippen LogP contribution in [0.1, 0.15) is 12.6 Å². The van der Waals surface area contributed by atoms with E-state index in [0.717, 1.165) is 11.4 Å². The molecule has 1 heterocycles. The second kappa shape index (κ2) is 4.52. The highest BCUT2D eigenvalue weighted by atomic mass is 32.2. The van der Waals surface area contributed by atoms with Crippen molar-refractivity contribution in [3.63, 3.8) is 0 Å². The second-order valence-electron chi connectivity index (χ2n) is 2.85. The molecule has 1 N–H and O–H groups in total. The summed E-state index contributed by atoms with van der Waals surface area (Å²) in [7, 11) is 0. The van der Waals surface area contributed by atoms with Gasteiger partial charge in [0.1, 0.15) is 6.26 Å². The molecule has 0 aliphatic carbocycles. The highest BCUT2D eigenvalue weighted by Gasteiger charge is 2.04. The molecule has 0 radical (unpaired) electrons. The summed E-state index contributed by atoms with van der Waals surface area (Å²) in [6.45, 7) is 4.10. The number of hydrogen-bond donors (Lipinski definition) is 1. The zero-order chi connectivity index (χ0) is 8.97. The molecule has 68 valence electrons. The number of rotatable bonds is 4. The molecule has 0 saturated heterocycles. The van der Waals surface area contributed by atoms with Gasteiger partial charge in [-0.2, -0.15) is 0 Å². The third-order valence-corrected chi connectivity index (χ3v) is 2.57. The topological polar surface area (TPSA) is 46.3 Å². The Labute approximate surface area is 76.2 Å². The number of aryl methyl sites for hydroxylation is 1. The molecule has 3 nitrogen and oxygen atoms in total. The fraction of sp³-hybridized carbons (Fsp3) is 0.625. The van der Waals surface area contributed by atoms with Crippen molar-refractivity contribution >= 4 is 11.8 Å². The van der Waals surface area contributed by atoms with Crippen LogP contribution >= 0.6 is 11.8 Å². The van der Waals surface area contributed by atoms with Gasteiger partial charge in [-0.1, -0.05) is 18.7 Å². The average Bonchev–Trinajstić information content (AvgIpc) is 2.47. The maximum Gasteiger partial charge on any atom is 0.255 e. The van der Waals surface area contributed by atoms with Crippen LogP contribution in [0.4, 0.5) is 0 Å². The van der Waals surface area contributed by atoms with Gasteiger partial charge < -0.3 is 9.52 Å². The lowest BCUT2D eigenvalue weighted by molar-refractivity contribution is 0.250.